The van der Waals surface area contributed by atoms with Gasteiger partial charge in [-0.05, 0) is 46.7 Å². The lowest BCUT2D eigenvalue weighted by Gasteiger charge is -2.09. The van der Waals surface area contributed by atoms with Crippen molar-refractivity contribution in [3.8, 4) is 0 Å². The summed E-state index contributed by atoms with van der Waals surface area (Å²) in [6, 6.07) is 13.5. The molecule has 0 fully saturated rings. The molecule has 0 unspecified atom stereocenters. The minimum absolute atomic E-state index is 0.538. The van der Waals surface area contributed by atoms with E-state index in [1.54, 1.807) is 12.3 Å². The van der Waals surface area contributed by atoms with Crippen LogP contribution in [0.15, 0.2) is 53.3 Å². The number of anilines is 3. The van der Waals surface area contributed by atoms with Crippen LogP contribution in [-0.4, -0.2) is 15.3 Å². The molecule has 3 N–H and O–H groups in total. The normalized spacial score (nSPS) is 11.0. The van der Waals surface area contributed by atoms with Gasteiger partial charge >= 0.3 is 0 Å². The fraction of sp³-hybridized carbons (Fsp3) is 0. The number of fused-ring (bicyclic) bond motifs is 2. The lowest BCUT2D eigenvalue weighted by atomic mass is 10.1. The van der Waals surface area contributed by atoms with Gasteiger partial charge in [-0.15, -0.1) is 0 Å². The van der Waals surface area contributed by atoms with Crippen molar-refractivity contribution in [2.75, 3.05) is 11.1 Å². The maximum Gasteiger partial charge on any atom is 0.160 e. The Labute approximate surface area is 119 Å². The van der Waals surface area contributed by atoms with Crippen molar-refractivity contribution < 1.29 is 4.63 Å². The van der Waals surface area contributed by atoms with E-state index in [4.69, 9.17) is 10.4 Å². The molecule has 2 aromatic carbocycles. The minimum atomic E-state index is 0.538. The largest absolute Gasteiger partial charge is 0.397 e. The summed E-state index contributed by atoms with van der Waals surface area (Å²) in [5, 5.41) is 12.1. The zero-order valence-corrected chi connectivity index (χ0v) is 10.9. The molecule has 0 radical (unpaired) electrons. The van der Waals surface area contributed by atoms with E-state index in [2.05, 4.69) is 20.6 Å². The summed E-state index contributed by atoms with van der Waals surface area (Å²) in [6.07, 6.45) is 1.77. The van der Waals surface area contributed by atoms with Gasteiger partial charge < -0.3 is 11.1 Å². The highest BCUT2D eigenvalue weighted by atomic mass is 16.6. The second kappa shape index (κ2) is 4.45. The Morgan fingerprint density at radius 2 is 1.81 bits per heavy atom. The molecule has 0 saturated heterocycles. The molecule has 0 amide bonds. The molecule has 6 nitrogen and oxygen atoms in total. The first kappa shape index (κ1) is 11.7. The summed E-state index contributed by atoms with van der Waals surface area (Å²) in [7, 11) is 0. The molecule has 0 aliphatic rings. The predicted molar refractivity (Wildman–Crippen MR) is 81.2 cm³/mol. The first-order valence-electron chi connectivity index (χ1n) is 6.44. The molecule has 0 saturated carbocycles. The van der Waals surface area contributed by atoms with Crippen molar-refractivity contribution in [1.82, 2.24) is 15.3 Å². The van der Waals surface area contributed by atoms with Gasteiger partial charge in [-0.3, -0.25) is 4.98 Å². The lowest BCUT2D eigenvalue weighted by molar-refractivity contribution is 0.316. The van der Waals surface area contributed by atoms with Gasteiger partial charge in [0, 0.05) is 17.3 Å². The molecule has 0 atom stereocenters. The first-order chi connectivity index (χ1) is 10.3. The standard InChI is InChI=1S/C15H11N5O/c16-10-6-7-13(15-14(10)19-21-20-15)18-12-5-1-4-11-9(12)3-2-8-17-11/h1-8,18H,16H2. The van der Waals surface area contributed by atoms with Crippen molar-refractivity contribution in [3.63, 3.8) is 0 Å². The van der Waals surface area contributed by atoms with E-state index >= 15 is 0 Å². The van der Waals surface area contributed by atoms with Crippen LogP contribution < -0.4 is 11.1 Å². The average molecular weight is 277 g/mol. The molecule has 2 heterocycles. The highest BCUT2D eigenvalue weighted by molar-refractivity contribution is 5.99. The second-order valence-corrected chi connectivity index (χ2v) is 4.66. The van der Waals surface area contributed by atoms with Gasteiger partial charge in [0.1, 0.15) is 0 Å². The number of hydrogen-bond acceptors (Lipinski definition) is 6. The van der Waals surface area contributed by atoms with Crippen LogP contribution >= 0.6 is 0 Å². The SMILES string of the molecule is Nc1ccc(Nc2cccc3ncccc23)c2nonc12. The number of nitrogens with two attached hydrogens (primary N) is 1. The van der Waals surface area contributed by atoms with Crippen molar-refractivity contribution in [3.05, 3.63) is 48.7 Å². The summed E-state index contributed by atoms with van der Waals surface area (Å²) in [6.45, 7) is 0. The van der Waals surface area contributed by atoms with Crippen LogP contribution in [0.25, 0.3) is 21.9 Å². The Morgan fingerprint density at radius 1 is 0.905 bits per heavy atom. The topological polar surface area (TPSA) is 89.9 Å². The summed E-state index contributed by atoms with van der Waals surface area (Å²) in [4.78, 5) is 4.34. The highest BCUT2D eigenvalue weighted by Crippen LogP contribution is 2.30. The molecular formula is C15H11N5O. The summed E-state index contributed by atoms with van der Waals surface area (Å²) in [5.74, 6) is 0. The Bertz CT molecular complexity index is 942. The smallest absolute Gasteiger partial charge is 0.160 e. The molecule has 6 heteroatoms. The average Bonchev–Trinajstić information content (AvgIpc) is 3.01. The number of aromatic nitrogens is 3. The zero-order valence-electron chi connectivity index (χ0n) is 10.9. The van der Waals surface area contributed by atoms with E-state index in [0.29, 0.717) is 16.7 Å². The van der Waals surface area contributed by atoms with Crippen LogP contribution in [0.4, 0.5) is 17.1 Å². The maximum atomic E-state index is 5.85. The number of nitrogens with zero attached hydrogens (tertiary/aromatic N) is 3. The van der Waals surface area contributed by atoms with Crippen LogP contribution in [0.1, 0.15) is 0 Å². The molecule has 2 aromatic heterocycles. The number of benzene rings is 2. The van der Waals surface area contributed by atoms with Gasteiger partial charge in [0.25, 0.3) is 0 Å². The molecule has 0 bridgehead atoms. The first-order valence-corrected chi connectivity index (χ1v) is 6.44. The fourth-order valence-corrected chi connectivity index (χ4v) is 2.34. The van der Waals surface area contributed by atoms with E-state index < -0.39 is 0 Å². The summed E-state index contributed by atoms with van der Waals surface area (Å²) in [5.41, 5.74) is 10.2. The van der Waals surface area contributed by atoms with Crippen molar-refractivity contribution in [2.45, 2.75) is 0 Å². The third kappa shape index (κ3) is 1.85. The third-order valence-electron chi connectivity index (χ3n) is 3.36. The molecule has 4 rings (SSSR count). The Balaban J connectivity index is 1.87. The van der Waals surface area contributed by atoms with E-state index in [-0.39, 0.29) is 0 Å². The fourth-order valence-electron chi connectivity index (χ4n) is 2.34. The Morgan fingerprint density at radius 3 is 2.76 bits per heavy atom. The van der Waals surface area contributed by atoms with Crippen LogP contribution in [0, 0.1) is 0 Å². The van der Waals surface area contributed by atoms with Crippen LogP contribution in [0.5, 0.6) is 0 Å². The molecule has 4 aromatic rings. The Kier molecular flexibility index (Phi) is 2.47. The highest BCUT2D eigenvalue weighted by Gasteiger charge is 2.11. The quantitative estimate of drug-likeness (QED) is 0.547. The predicted octanol–water partition coefficient (Wildman–Crippen LogP) is 3.10. The monoisotopic (exact) mass is 277 g/mol. The molecule has 0 aliphatic heterocycles. The van der Waals surface area contributed by atoms with Gasteiger partial charge in [0.05, 0.1) is 16.9 Å². The minimum Gasteiger partial charge on any atom is -0.397 e. The van der Waals surface area contributed by atoms with E-state index in [1.807, 2.05) is 36.4 Å². The zero-order chi connectivity index (χ0) is 14.2. The van der Waals surface area contributed by atoms with Gasteiger partial charge in [0.2, 0.25) is 0 Å². The van der Waals surface area contributed by atoms with E-state index in [1.165, 1.54) is 0 Å². The second-order valence-electron chi connectivity index (χ2n) is 4.66. The number of pyridine rings is 1. The molecular weight excluding hydrogens is 266 g/mol. The Hall–Kier alpha value is -3.15. The summed E-state index contributed by atoms with van der Waals surface area (Å²) >= 11 is 0. The lowest BCUT2D eigenvalue weighted by Crippen LogP contribution is -1.95. The van der Waals surface area contributed by atoms with Crippen LogP contribution in [-0.2, 0) is 0 Å². The number of rotatable bonds is 2. The van der Waals surface area contributed by atoms with E-state index in [9.17, 15) is 0 Å². The molecule has 0 aliphatic carbocycles. The van der Waals surface area contributed by atoms with E-state index in [0.717, 1.165) is 22.3 Å². The van der Waals surface area contributed by atoms with Crippen molar-refractivity contribution in [1.29, 1.82) is 0 Å². The van der Waals surface area contributed by atoms with Crippen LogP contribution in [0.2, 0.25) is 0 Å². The molecule has 102 valence electrons. The van der Waals surface area contributed by atoms with Crippen molar-refractivity contribution >= 4 is 39.0 Å². The number of nitrogens with one attached hydrogen (secondary N) is 1. The third-order valence-corrected chi connectivity index (χ3v) is 3.36. The molecule has 21 heavy (non-hydrogen) atoms. The van der Waals surface area contributed by atoms with Crippen LogP contribution in [0.3, 0.4) is 0 Å². The van der Waals surface area contributed by atoms with Crippen molar-refractivity contribution in [2.24, 2.45) is 0 Å². The summed E-state index contributed by atoms with van der Waals surface area (Å²) < 4.78 is 4.78. The number of hydrogen-bond donors (Lipinski definition) is 2. The van der Waals surface area contributed by atoms with Gasteiger partial charge in [-0.2, -0.15) is 0 Å². The van der Waals surface area contributed by atoms with Gasteiger partial charge in [-0.1, -0.05) is 6.07 Å². The number of nitrogen functional groups attached to an aromatic ring is 1. The van der Waals surface area contributed by atoms with Gasteiger partial charge in [0.15, 0.2) is 11.0 Å². The molecule has 0 spiro atoms. The van der Waals surface area contributed by atoms with Gasteiger partial charge in [-0.25, -0.2) is 4.63 Å². The maximum absolute atomic E-state index is 5.85.